The first-order chi connectivity index (χ1) is 17.0. The number of hydrogen-bond acceptors (Lipinski definition) is 6. The van der Waals surface area contributed by atoms with Crippen LogP contribution in [0.25, 0.3) is 11.1 Å². The molecule has 0 saturated carbocycles. The van der Waals surface area contributed by atoms with Gasteiger partial charge in [-0.1, -0.05) is 26.0 Å². The molecule has 0 radical (unpaired) electrons. The summed E-state index contributed by atoms with van der Waals surface area (Å²) in [6, 6.07) is 14.3. The Hall–Kier alpha value is -3.71. The van der Waals surface area contributed by atoms with Gasteiger partial charge in [0.1, 0.15) is 18.1 Å². The number of hydrogen-bond donors (Lipinski definition) is 0. The number of pyridine rings is 1. The second-order valence-corrected chi connectivity index (χ2v) is 9.79. The molecule has 178 valence electrons. The Morgan fingerprint density at radius 2 is 1.74 bits per heavy atom. The van der Waals surface area contributed by atoms with Crippen molar-refractivity contribution in [1.29, 1.82) is 0 Å². The van der Waals surface area contributed by atoms with Crippen LogP contribution in [0.2, 0.25) is 0 Å². The molecule has 1 unspecified atom stereocenters. The zero-order chi connectivity index (χ0) is 24.2. The molecule has 1 saturated heterocycles. The van der Waals surface area contributed by atoms with Crippen LogP contribution < -0.4 is 9.47 Å². The largest absolute Gasteiger partial charge is 0.491 e. The lowest BCUT2D eigenvalue weighted by Crippen LogP contribution is -2.53. The predicted molar refractivity (Wildman–Crippen MR) is 128 cm³/mol. The molecule has 1 spiro atoms. The van der Waals surface area contributed by atoms with E-state index in [0.717, 1.165) is 16.7 Å². The third-order valence-electron chi connectivity index (χ3n) is 6.91. The summed E-state index contributed by atoms with van der Waals surface area (Å²) in [7, 11) is 0. The summed E-state index contributed by atoms with van der Waals surface area (Å²) < 4.78 is 18.1. The molecule has 3 aromatic rings. The molecule has 4 heterocycles. The van der Waals surface area contributed by atoms with Crippen molar-refractivity contribution in [2.75, 3.05) is 19.8 Å². The van der Waals surface area contributed by atoms with E-state index in [9.17, 15) is 9.59 Å². The minimum absolute atomic E-state index is 0.203. The Kier molecular flexibility index (Phi) is 5.11. The number of amides is 2. The van der Waals surface area contributed by atoms with Gasteiger partial charge in [-0.3, -0.25) is 19.5 Å². The third kappa shape index (κ3) is 3.49. The van der Waals surface area contributed by atoms with E-state index in [2.05, 4.69) is 18.8 Å². The number of imide groups is 1. The SMILES string of the molecule is CC(C)CC(COc1ccc2c(c1)OC1(COC1)c1ccncc1-2)N1C(=O)c2ccccc2C1=O. The van der Waals surface area contributed by atoms with Gasteiger partial charge in [0.25, 0.3) is 11.8 Å². The third-order valence-corrected chi connectivity index (χ3v) is 6.91. The highest BCUT2D eigenvalue weighted by atomic mass is 16.6. The molecule has 7 nitrogen and oxygen atoms in total. The minimum Gasteiger partial charge on any atom is -0.491 e. The first-order valence-electron chi connectivity index (χ1n) is 11.9. The summed E-state index contributed by atoms with van der Waals surface area (Å²) in [5, 5.41) is 0. The average molecular weight is 471 g/mol. The summed E-state index contributed by atoms with van der Waals surface area (Å²) in [5.74, 6) is 1.10. The monoisotopic (exact) mass is 470 g/mol. The zero-order valence-electron chi connectivity index (χ0n) is 19.7. The second kappa shape index (κ2) is 8.20. The summed E-state index contributed by atoms with van der Waals surface area (Å²) in [6.45, 7) is 5.33. The topological polar surface area (TPSA) is 78.0 Å². The lowest BCUT2D eigenvalue weighted by Gasteiger charge is -2.45. The Labute approximate surface area is 203 Å². The molecule has 3 aliphatic heterocycles. The maximum Gasteiger partial charge on any atom is 0.261 e. The molecular weight excluding hydrogens is 444 g/mol. The molecule has 0 bridgehead atoms. The van der Waals surface area contributed by atoms with E-state index in [0.29, 0.717) is 42.3 Å². The van der Waals surface area contributed by atoms with Gasteiger partial charge >= 0.3 is 0 Å². The number of ether oxygens (including phenoxy) is 3. The minimum atomic E-state index is -0.496. The number of fused-ring (bicyclic) bond motifs is 5. The van der Waals surface area contributed by atoms with E-state index in [1.54, 1.807) is 30.5 Å². The summed E-state index contributed by atoms with van der Waals surface area (Å²) in [5.41, 5.74) is 3.49. The molecule has 2 amide bonds. The summed E-state index contributed by atoms with van der Waals surface area (Å²) in [6.07, 6.45) is 4.28. The maximum atomic E-state index is 13.1. The van der Waals surface area contributed by atoms with Crippen LogP contribution in [0.4, 0.5) is 0 Å². The molecule has 1 atom stereocenters. The summed E-state index contributed by atoms with van der Waals surface area (Å²) in [4.78, 5) is 31.8. The Morgan fingerprint density at radius 3 is 2.40 bits per heavy atom. The van der Waals surface area contributed by atoms with Crippen molar-refractivity contribution in [1.82, 2.24) is 9.88 Å². The van der Waals surface area contributed by atoms with Crippen molar-refractivity contribution in [3.8, 4) is 22.6 Å². The van der Waals surface area contributed by atoms with E-state index in [1.165, 1.54) is 4.90 Å². The average Bonchev–Trinajstić information content (AvgIpc) is 3.10. The highest BCUT2D eigenvalue weighted by Gasteiger charge is 2.48. The first kappa shape index (κ1) is 21.8. The van der Waals surface area contributed by atoms with E-state index in [-0.39, 0.29) is 30.4 Å². The van der Waals surface area contributed by atoms with Crippen LogP contribution in [0.15, 0.2) is 60.9 Å². The molecule has 35 heavy (non-hydrogen) atoms. The second-order valence-electron chi connectivity index (χ2n) is 9.79. The molecule has 0 aliphatic carbocycles. The Bertz CT molecular complexity index is 1300. The molecule has 0 N–H and O–H groups in total. The number of rotatable bonds is 6. The first-order valence-corrected chi connectivity index (χ1v) is 11.9. The maximum absolute atomic E-state index is 13.1. The fourth-order valence-corrected chi connectivity index (χ4v) is 5.20. The lowest BCUT2D eigenvalue weighted by molar-refractivity contribution is -0.169. The highest BCUT2D eigenvalue weighted by molar-refractivity contribution is 6.21. The van der Waals surface area contributed by atoms with Crippen molar-refractivity contribution in [3.63, 3.8) is 0 Å². The molecular formula is C28H26N2O5. The zero-order valence-corrected chi connectivity index (χ0v) is 19.7. The van der Waals surface area contributed by atoms with E-state index in [4.69, 9.17) is 14.2 Å². The van der Waals surface area contributed by atoms with Crippen LogP contribution in [0, 0.1) is 5.92 Å². The van der Waals surface area contributed by atoms with E-state index < -0.39 is 5.60 Å². The van der Waals surface area contributed by atoms with Gasteiger partial charge < -0.3 is 14.2 Å². The van der Waals surface area contributed by atoms with Gasteiger partial charge in [0.05, 0.1) is 30.4 Å². The molecule has 7 heteroatoms. The highest BCUT2D eigenvalue weighted by Crippen LogP contribution is 2.48. The fraction of sp³-hybridized carbons (Fsp3) is 0.321. The smallest absolute Gasteiger partial charge is 0.261 e. The quantitative estimate of drug-likeness (QED) is 0.495. The molecule has 1 aromatic heterocycles. The lowest BCUT2D eigenvalue weighted by atomic mass is 9.84. The van der Waals surface area contributed by atoms with Gasteiger partial charge in [-0.15, -0.1) is 0 Å². The normalized spacial score (nSPS) is 18.0. The molecule has 3 aliphatic rings. The van der Waals surface area contributed by atoms with Crippen LogP contribution in [0.5, 0.6) is 11.5 Å². The standard InChI is InChI=1S/C28H26N2O5/c1-17(2)11-18(30-26(31)21-5-3-4-6-22(21)27(30)32)14-34-19-7-8-20-23-13-29-10-9-24(23)28(15-33-16-28)35-25(20)12-19/h3-10,12-13,17-18H,11,14-16H2,1-2H3. The van der Waals surface area contributed by atoms with Gasteiger partial charge in [0.2, 0.25) is 0 Å². The van der Waals surface area contributed by atoms with E-state index >= 15 is 0 Å². The van der Waals surface area contributed by atoms with Gasteiger partial charge in [-0.25, -0.2) is 0 Å². The van der Waals surface area contributed by atoms with Crippen molar-refractivity contribution in [2.45, 2.75) is 31.9 Å². The van der Waals surface area contributed by atoms with Crippen molar-refractivity contribution >= 4 is 11.8 Å². The molecule has 6 rings (SSSR count). The Balaban J connectivity index is 1.26. The fourth-order valence-electron chi connectivity index (χ4n) is 5.20. The summed E-state index contributed by atoms with van der Waals surface area (Å²) >= 11 is 0. The van der Waals surface area contributed by atoms with Gasteiger partial charge in [0, 0.05) is 35.2 Å². The van der Waals surface area contributed by atoms with Crippen molar-refractivity contribution in [3.05, 3.63) is 77.6 Å². The van der Waals surface area contributed by atoms with Gasteiger partial charge in [-0.2, -0.15) is 0 Å². The number of benzene rings is 2. The van der Waals surface area contributed by atoms with Crippen LogP contribution >= 0.6 is 0 Å². The van der Waals surface area contributed by atoms with E-state index in [1.807, 2.05) is 30.5 Å². The van der Waals surface area contributed by atoms with Crippen molar-refractivity contribution < 1.29 is 23.8 Å². The Morgan fingerprint density at radius 1 is 1.00 bits per heavy atom. The number of carbonyl (C=O) groups is 2. The van der Waals surface area contributed by atoms with Crippen molar-refractivity contribution in [2.24, 2.45) is 5.92 Å². The number of aromatic nitrogens is 1. The van der Waals surface area contributed by atoms with Crippen LogP contribution in [0.3, 0.4) is 0 Å². The molecule has 1 fully saturated rings. The molecule has 2 aromatic carbocycles. The predicted octanol–water partition coefficient (Wildman–Crippen LogP) is 4.46. The van der Waals surface area contributed by atoms with Crippen LogP contribution in [0.1, 0.15) is 46.5 Å². The van der Waals surface area contributed by atoms with Crippen LogP contribution in [-0.2, 0) is 10.3 Å². The van der Waals surface area contributed by atoms with Gasteiger partial charge in [0.15, 0.2) is 5.60 Å². The van der Waals surface area contributed by atoms with Crippen LogP contribution in [-0.4, -0.2) is 47.6 Å². The number of carbonyl (C=O) groups excluding carboxylic acids is 2. The van der Waals surface area contributed by atoms with Gasteiger partial charge in [-0.05, 0) is 42.7 Å². The number of nitrogens with zero attached hydrogens (tertiary/aromatic N) is 2.